The maximum absolute atomic E-state index is 13.9. The van der Waals surface area contributed by atoms with Gasteiger partial charge in [-0.1, -0.05) is 0 Å². The first-order chi connectivity index (χ1) is 17.2. The van der Waals surface area contributed by atoms with Crippen LogP contribution in [0.5, 0.6) is 0 Å². The highest BCUT2D eigenvalue weighted by Gasteiger charge is 2.38. The molecule has 0 aliphatic carbocycles. The Hall–Kier alpha value is -3.41. The fourth-order valence-electron chi connectivity index (χ4n) is 4.61. The molecule has 2 aromatic carbocycles. The van der Waals surface area contributed by atoms with Crippen LogP contribution in [0, 0.1) is 6.92 Å². The summed E-state index contributed by atoms with van der Waals surface area (Å²) >= 11 is 0. The number of aromatic amines is 1. The first-order valence-electron chi connectivity index (χ1n) is 11.7. The molecule has 1 fully saturated rings. The molecule has 0 radical (unpaired) electrons. The molecule has 12 heteroatoms. The molecular weight excluding hydrogens is 509 g/mol. The van der Waals surface area contributed by atoms with Crippen molar-refractivity contribution in [3.05, 3.63) is 69.3 Å². The second-order valence-electron chi connectivity index (χ2n) is 9.47. The number of anilines is 1. The number of carbonyl (C=O) groups excluding carboxylic acids is 1. The third kappa shape index (κ3) is 5.20. The van der Waals surface area contributed by atoms with Crippen LogP contribution in [0.15, 0.2) is 41.2 Å². The van der Waals surface area contributed by atoms with Gasteiger partial charge in [0.05, 0.1) is 27.0 Å². The summed E-state index contributed by atoms with van der Waals surface area (Å²) in [6.07, 6.45) is -4.66. The quantitative estimate of drug-likeness (QED) is 0.520. The average Bonchev–Trinajstić information content (AvgIpc) is 2.81. The Morgan fingerprint density at radius 3 is 2.30 bits per heavy atom. The number of sulfone groups is 1. The number of rotatable bonds is 4. The van der Waals surface area contributed by atoms with Gasteiger partial charge in [0.1, 0.15) is 5.82 Å². The van der Waals surface area contributed by atoms with Crippen LogP contribution in [0.2, 0.25) is 0 Å². The highest BCUT2D eigenvalue weighted by atomic mass is 32.2. The molecule has 4 rings (SSSR count). The summed E-state index contributed by atoms with van der Waals surface area (Å²) in [5.74, 6) is -0.0987. The number of H-pyrrole nitrogens is 1. The number of amides is 1. The Bertz CT molecular complexity index is 1500. The zero-order valence-electron chi connectivity index (χ0n) is 20.7. The Balaban J connectivity index is 1.58. The van der Waals surface area contributed by atoms with E-state index >= 15 is 0 Å². The summed E-state index contributed by atoms with van der Waals surface area (Å²) in [4.78, 5) is 33.3. The van der Waals surface area contributed by atoms with Gasteiger partial charge in [0.25, 0.3) is 11.5 Å². The molecule has 2 heterocycles. The third-order valence-electron chi connectivity index (χ3n) is 6.65. The molecule has 0 saturated carbocycles. The molecule has 1 aliphatic rings. The van der Waals surface area contributed by atoms with Crippen LogP contribution in [0.1, 0.15) is 54.1 Å². The van der Waals surface area contributed by atoms with Crippen LogP contribution in [0.25, 0.3) is 10.9 Å². The van der Waals surface area contributed by atoms with Crippen molar-refractivity contribution < 1.29 is 26.4 Å². The van der Waals surface area contributed by atoms with Gasteiger partial charge in [-0.05, 0) is 69.7 Å². The molecule has 8 nitrogen and oxygen atoms in total. The number of nitrogens with one attached hydrogen (secondary N) is 2. The molecule has 3 aromatic rings. The van der Waals surface area contributed by atoms with Crippen molar-refractivity contribution in [1.29, 1.82) is 0 Å². The predicted octanol–water partition coefficient (Wildman–Crippen LogP) is 4.07. The Morgan fingerprint density at radius 1 is 1.14 bits per heavy atom. The fraction of sp³-hybridized carbons (Fsp3) is 0.400. The van der Waals surface area contributed by atoms with Crippen molar-refractivity contribution in [2.75, 3.05) is 18.4 Å². The number of hydrogen-bond donors (Lipinski definition) is 2. The summed E-state index contributed by atoms with van der Waals surface area (Å²) in [6.45, 7) is 6.38. The number of carbonyl (C=O) groups is 1. The minimum Gasteiger partial charge on any atom is -0.379 e. The molecule has 2 N–H and O–H groups in total. The van der Waals surface area contributed by atoms with Gasteiger partial charge in [-0.25, -0.2) is 13.4 Å². The van der Waals surface area contributed by atoms with E-state index < -0.39 is 43.7 Å². The van der Waals surface area contributed by atoms with Crippen molar-refractivity contribution >= 4 is 32.3 Å². The monoisotopic (exact) mass is 536 g/mol. The topological polar surface area (TPSA) is 112 Å². The Labute approximate surface area is 211 Å². The average molecular weight is 537 g/mol. The van der Waals surface area contributed by atoms with Gasteiger partial charge in [0.2, 0.25) is 0 Å². The summed E-state index contributed by atoms with van der Waals surface area (Å²) in [5.41, 5.74) is -0.771. The van der Waals surface area contributed by atoms with Gasteiger partial charge in [-0.2, -0.15) is 13.2 Å². The number of alkyl halides is 3. The van der Waals surface area contributed by atoms with Gasteiger partial charge < -0.3 is 15.2 Å². The zero-order valence-corrected chi connectivity index (χ0v) is 21.5. The summed E-state index contributed by atoms with van der Waals surface area (Å²) < 4.78 is 66.1. The third-order valence-corrected chi connectivity index (χ3v) is 9.19. The highest BCUT2D eigenvalue weighted by molar-refractivity contribution is 7.92. The molecule has 1 saturated heterocycles. The number of hydrogen-bond acceptors (Lipinski definition) is 6. The van der Waals surface area contributed by atoms with Crippen molar-refractivity contribution in [2.24, 2.45) is 0 Å². The van der Waals surface area contributed by atoms with Crippen molar-refractivity contribution in [3.8, 4) is 0 Å². The van der Waals surface area contributed by atoms with E-state index in [1.54, 1.807) is 32.9 Å². The molecule has 37 heavy (non-hydrogen) atoms. The van der Waals surface area contributed by atoms with E-state index in [1.807, 2.05) is 0 Å². The number of halogens is 3. The number of aromatic nitrogens is 2. The molecule has 0 spiro atoms. The van der Waals surface area contributed by atoms with Gasteiger partial charge >= 0.3 is 6.18 Å². The molecule has 1 aromatic heterocycles. The molecule has 1 amide bonds. The second-order valence-corrected chi connectivity index (χ2v) is 12.3. The Morgan fingerprint density at radius 2 is 1.73 bits per heavy atom. The first-order valence-corrected chi connectivity index (χ1v) is 13.3. The summed E-state index contributed by atoms with van der Waals surface area (Å²) in [6, 6.07) is 7.47. The van der Waals surface area contributed by atoms with E-state index in [9.17, 15) is 31.2 Å². The van der Waals surface area contributed by atoms with Gasteiger partial charge in [0.15, 0.2) is 9.84 Å². The second kappa shape index (κ2) is 9.47. The van der Waals surface area contributed by atoms with Crippen LogP contribution >= 0.6 is 0 Å². The molecule has 0 bridgehead atoms. The number of benzene rings is 2. The molecular formula is C25H27F3N4O4S. The van der Waals surface area contributed by atoms with Crippen LogP contribution in [-0.4, -0.2) is 52.8 Å². The van der Waals surface area contributed by atoms with E-state index in [4.69, 9.17) is 0 Å². The number of nitrogens with zero attached hydrogens (tertiary/aromatic N) is 2. The fourth-order valence-corrected chi connectivity index (χ4v) is 6.18. The SMILES string of the molecule is Cc1nc2cc(C(F)(F)F)c(C(C)Nc3ccc(C(=O)N4CC(C)S(=O)(=O)C(C)C4)cc3)cc2c(=O)[nH]1. The first kappa shape index (κ1) is 26.6. The van der Waals surface area contributed by atoms with Gasteiger partial charge in [0, 0.05) is 30.4 Å². The van der Waals surface area contributed by atoms with E-state index in [0.29, 0.717) is 11.3 Å². The predicted molar refractivity (Wildman–Crippen MR) is 134 cm³/mol. The van der Waals surface area contributed by atoms with Gasteiger partial charge in [-0.15, -0.1) is 0 Å². The number of aryl methyl sites for hydroxylation is 1. The standard InChI is InChI=1S/C25H27F3N4O4S/c1-13-11-32(12-14(2)37(13,35)36)24(34)17-5-7-18(8-6-17)29-15(3)19-9-20-22(10-21(19)25(26,27)28)30-16(4)31-23(20)33/h5-10,13-15,29H,11-12H2,1-4H3,(H,30,31,33). The van der Waals surface area contributed by atoms with E-state index in [0.717, 1.165) is 6.07 Å². The van der Waals surface area contributed by atoms with E-state index in [2.05, 4.69) is 15.3 Å². The summed E-state index contributed by atoms with van der Waals surface area (Å²) in [5, 5.41) is 1.71. The minimum absolute atomic E-state index is 0.0402. The largest absolute Gasteiger partial charge is 0.416 e. The normalized spacial score (nSPS) is 20.6. The van der Waals surface area contributed by atoms with Crippen molar-refractivity contribution in [1.82, 2.24) is 14.9 Å². The maximum Gasteiger partial charge on any atom is 0.416 e. The molecule has 3 unspecified atom stereocenters. The number of fused-ring (bicyclic) bond motifs is 1. The molecule has 1 aliphatic heterocycles. The van der Waals surface area contributed by atoms with E-state index in [-0.39, 0.29) is 41.3 Å². The van der Waals surface area contributed by atoms with Crippen LogP contribution in [0.4, 0.5) is 18.9 Å². The van der Waals surface area contributed by atoms with Crippen LogP contribution < -0.4 is 10.9 Å². The lowest BCUT2D eigenvalue weighted by molar-refractivity contribution is -0.138. The minimum atomic E-state index is -4.66. The lowest BCUT2D eigenvalue weighted by Gasteiger charge is -2.34. The van der Waals surface area contributed by atoms with E-state index in [1.165, 1.54) is 30.0 Å². The molecule has 3 atom stereocenters. The lowest BCUT2D eigenvalue weighted by Crippen LogP contribution is -2.52. The Kier molecular flexibility index (Phi) is 6.82. The lowest BCUT2D eigenvalue weighted by atomic mass is 9.98. The molecule has 198 valence electrons. The summed E-state index contributed by atoms with van der Waals surface area (Å²) in [7, 11) is -3.28. The smallest absolute Gasteiger partial charge is 0.379 e. The van der Waals surface area contributed by atoms with Crippen molar-refractivity contribution in [3.63, 3.8) is 0 Å². The zero-order chi connectivity index (χ0) is 27.3. The van der Waals surface area contributed by atoms with Gasteiger partial charge in [-0.3, -0.25) is 9.59 Å². The van der Waals surface area contributed by atoms with Crippen LogP contribution in [0.3, 0.4) is 0 Å². The highest BCUT2D eigenvalue weighted by Crippen LogP contribution is 2.37. The van der Waals surface area contributed by atoms with Crippen molar-refractivity contribution in [2.45, 2.75) is 50.4 Å². The maximum atomic E-state index is 13.9. The van der Waals surface area contributed by atoms with Crippen LogP contribution in [-0.2, 0) is 16.0 Å².